The van der Waals surface area contributed by atoms with E-state index < -0.39 is 6.10 Å². The number of rotatable bonds is 8. The Balaban J connectivity index is 1.55. The number of nitrogens with zero attached hydrogens (tertiary/aromatic N) is 1. The van der Waals surface area contributed by atoms with Gasteiger partial charge in [-0.15, -0.1) is 11.8 Å². The Bertz CT molecular complexity index is 885. The summed E-state index contributed by atoms with van der Waals surface area (Å²) in [7, 11) is 1.88. The zero-order valence-electron chi connectivity index (χ0n) is 17.7. The molecule has 0 aliphatic heterocycles. The molecule has 0 heterocycles. The zero-order valence-corrected chi connectivity index (χ0v) is 19.3. The highest BCUT2D eigenvalue weighted by atomic mass is 35.5. The van der Waals surface area contributed by atoms with Crippen LogP contribution in [0.2, 0.25) is 5.02 Å². The summed E-state index contributed by atoms with van der Waals surface area (Å²) in [5, 5.41) is 13.7. The fraction of sp³-hybridized carbons (Fsp3) is 0.417. The molecule has 0 bridgehead atoms. The molecule has 166 valence electrons. The van der Waals surface area contributed by atoms with Gasteiger partial charge in [-0.25, -0.2) is 0 Å². The van der Waals surface area contributed by atoms with Crippen LogP contribution in [0.4, 0.5) is 0 Å². The Morgan fingerprint density at radius 2 is 1.81 bits per heavy atom. The van der Waals surface area contributed by atoms with Crippen molar-refractivity contribution in [3.05, 3.63) is 64.7 Å². The fourth-order valence-corrected chi connectivity index (χ4v) is 4.88. The number of nitrogens with one attached hydrogen (secondary N) is 1. The van der Waals surface area contributed by atoms with Crippen molar-refractivity contribution in [1.29, 1.82) is 0 Å². The van der Waals surface area contributed by atoms with Gasteiger partial charge in [-0.1, -0.05) is 55.1 Å². The van der Waals surface area contributed by atoms with Crippen molar-refractivity contribution < 1.29 is 14.7 Å². The number of thioether (sulfide) groups is 1. The number of halogens is 1. The molecule has 1 aliphatic carbocycles. The summed E-state index contributed by atoms with van der Waals surface area (Å²) in [6.45, 7) is 0.0861. The predicted molar refractivity (Wildman–Crippen MR) is 126 cm³/mol. The maximum Gasteiger partial charge on any atom is 0.252 e. The first-order chi connectivity index (χ1) is 15.0. The number of carbonyl (C=O) groups is 2. The number of hydrogen-bond acceptors (Lipinski definition) is 4. The maximum atomic E-state index is 12.7. The lowest BCUT2D eigenvalue weighted by atomic mass is 9.94. The second kappa shape index (κ2) is 11.6. The van der Waals surface area contributed by atoms with Crippen molar-refractivity contribution in [2.75, 3.05) is 19.3 Å². The highest BCUT2D eigenvalue weighted by Gasteiger charge is 2.22. The van der Waals surface area contributed by atoms with E-state index in [0.29, 0.717) is 27.9 Å². The normalized spacial score (nSPS) is 15.3. The lowest BCUT2D eigenvalue weighted by Gasteiger charge is -2.31. The predicted octanol–water partition coefficient (Wildman–Crippen LogP) is 4.69. The van der Waals surface area contributed by atoms with Gasteiger partial charge in [0.1, 0.15) is 0 Å². The van der Waals surface area contributed by atoms with Crippen LogP contribution in [0.25, 0.3) is 0 Å². The molecule has 5 nitrogen and oxygen atoms in total. The smallest absolute Gasteiger partial charge is 0.252 e. The highest BCUT2D eigenvalue weighted by molar-refractivity contribution is 8.00. The van der Waals surface area contributed by atoms with Gasteiger partial charge >= 0.3 is 0 Å². The molecule has 0 aromatic heterocycles. The van der Waals surface area contributed by atoms with Gasteiger partial charge in [-0.05, 0) is 42.7 Å². The second-order valence-corrected chi connectivity index (χ2v) is 9.31. The SMILES string of the molecule is CN(C(=O)CSc1ccccc1C(=O)NCC(O)c1ccc(Cl)cc1)C1CCCCC1. The van der Waals surface area contributed by atoms with Crippen LogP contribution in [-0.4, -0.2) is 47.2 Å². The molecular formula is C24H29ClN2O3S. The van der Waals surface area contributed by atoms with Gasteiger partial charge in [0, 0.05) is 29.6 Å². The van der Waals surface area contributed by atoms with E-state index in [0.717, 1.165) is 17.7 Å². The molecule has 3 rings (SSSR count). The van der Waals surface area contributed by atoms with E-state index in [9.17, 15) is 14.7 Å². The largest absolute Gasteiger partial charge is 0.387 e. The summed E-state index contributed by atoms with van der Waals surface area (Å²) in [6.07, 6.45) is 4.93. The molecule has 31 heavy (non-hydrogen) atoms. The standard InChI is InChI=1S/C24H29ClN2O3S/c1-27(19-7-3-2-4-8-19)23(29)16-31-22-10-6-5-9-20(22)24(30)26-15-21(28)17-11-13-18(25)14-12-17/h5-6,9-14,19,21,28H,2-4,7-8,15-16H2,1H3,(H,26,30). The summed E-state index contributed by atoms with van der Waals surface area (Å²) in [5.74, 6) is 0.111. The first-order valence-corrected chi connectivity index (χ1v) is 12.0. The van der Waals surface area contributed by atoms with E-state index in [1.54, 1.807) is 36.4 Å². The zero-order chi connectivity index (χ0) is 22.2. The quantitative estimate of drug-likeness (QED) is 0.561. The van der Waals surface area contributed by atoms with Gasteiger partial charge in [0.15, 0.2) is 0 Å². The number of amides is 2. The number of aliphatic hydroxyl groups excluding tert-OH is 1. The molecule has 1 saturated carbocycles. The van der Waals surface area contributed by atoms with E-state index in [-0.39, 0.29) is 18.4 Å². The summed E-state index contributed by atoms with van der Waals surface area (Å²) in [4.78, 5) is 28.0. The molecule has 1 atom stereocenters. The molecule has 0 spiro atoms. The van der Waals surface area contributed by atoms with Crippen molar-refractivity contribution in [2.45, 2.75) is 49.1 Å². The van der Waals surface area contributed by atoms with Gasteiger partial charge in [0.05, 0.1) is 17.4 Å². The van der Waals surface area contributed by atoms with Gasteiger partial charge < -0.3 is 15.3 Å². The Labute approximate surface area is 193 Å². The Kier molecular flexibility index (Phi) is 8.81. The molecule has 7 heteroatoms. The molecule has 1 unspecified atom stereocenters. The van der Waals surface area contributed by atoms with Gasteiger partial charge in [-0.2, -0.15) is 0 Å². The van der Waals surface area contributed by atoms with E-state index in [1.807, 2.05) is 24.1 Å². The summed E-state index contributed by atoms with van der Waals surface area (Å²) in [6, 6.07) is 14.4. The van der Waals surface area contributed by atoms with Crippen LogP contribution in [-0.2, 0) is 4.79 Å². The summed E-state index contributed by atoms with van der Waals surface area (Å²) >= 11 is 7.25. The minimum Gasteiger partial charge on any atom is -0.387 e. The van der Waals surface area contributed by atoms with Crippen LogP contribution >= 0.6 is 23.4 Å². The molecule has 0 radical (unpaired) electrons. The van der Waals surface area contributed by atoms with Crippen molar-refractivity contribution >= 4 is 35.2 Å². The number of hydrogen-bond donors (Lipinski definition) is 2. The van der Waals surface area contributed by atoms with Crippen molar-refractivity contribution in [2.24, 2.45) is 0 Å². The van der Waals surface area contributed by atoms with Gasteiger partial charge in [-0.3, -0.25) is 9.59 Å². The molecular weight excluding hydrogens is 432 g/mol. The Hall–Kier alpha value is -2.02. The van der Waals surface area contributed by atoms with Crippen LogP contribution in [0.5, 0.6) is 0 Å². The third-order valence-corrected chi connectivity index (χ3v) is 7.02. The average molecular weight is 461 g/mol. The number of aliphatic hydroxyl groups is 1. The third kappa shape index (κ3) is 6.73. The molecule has 2 amide bonds. The molecule has 1 fully saturated rings. The Morgan fingerprint density at radius 3 is 2.52 bits per heavy atom. The lowest BCUT2D eigenvalue weighted by Crippen LogP contribution is -2.39. The third-order valence-electron chi connectivity index (χ3n) is 5.71. The summed E-state index contributed by atoms with van der Waals surface area (Å²) < 4.78 is 0. The number of benzene rings is 2. The minimum absolute atomic E-state index is 0.0861. The van der Waals surface area contributed by atoms with E-state index >= 15 is 0 Å². The second-order valence-electron chi connectivity index (χ2n) is 7.86. The van der Waals surface area contributed by atoms with E-state index in [2.05, 4.69) is 5.32 Å². The molecule has 1 aliphatic rings. The van der Waals surface area contributed by atoms with Crippen LogP contribution in [0.1, 0.15) is 54.1 Å². The lowest BCUT2D eigenvalue weighted by molar-refractivity contribution is -0.129. The van der Waals surface area contributed by atoms with Gasteiger partial charge in [0.25, 0.3) is 5.91 Å². The topological polar surface area (TPSA) is 69.6 Å². The molecule has 2 aromatic carbocycles. The first kappa shape index (κ1) is 23.6. The molecule has 2 N–H and O–H groups in total. The Morgan fingerprint density at radius 1 is 1.13 bits per heavy atom. The minimum atomic E-state index is -0.827. The van der Waals surface area contributed by atoms with Crippen molar-refractivity contribution in [1.82, 2.24) is 10.2 Å². The van der Waals surface area contributed by atoms with E-state index in [4.69, 9.17) is 11.6 Å². The fourth-order valence-electron chi connectivity index (χ4n) is 3.78. The monoisotopic (exact) mass is 460 g/mol. The summed E-state index contributed by atoms with van der Waals surface area (Å²) in [5.41, 5.74) is 1.19. The highest BCUT2D eigenvalue weighted by Crippen LogP contribution is 2.26. The first-order valence-electron chi connectivity index (χ1n) is 10.6. The van der Waals surface area contributed by atoms with Crippen LogP contribution in [0.15, 0.2) is 53.4 Å². The van der Waals surface area contributed by atoms with Crippen molar-refractivity contribution in [3.63, 3.8) is 0 Å². The van der Waals surface area contributed by atoms with Crippen molar-refractivity contribution in [3.8, 4) is 0 Å². The average Bonchev–Trinajstić information content (AvgIpc) is 2.81. The van der Waals surface area contributed by atoms with Crippen LogP contribution < -0.4 is 5.32 Å². The van der Waals surface area contributed by atoms with Crippen LogP contribution in [0, 0.1) is 0 Å². The number of carbonyl (C=O) groups excluding carboxylic acids is 2. The van der Waals surface area contributed by atoms with E-state index in [1.165, 1.54) is 31.0 Å². The molecule has 2 aromatic rings. The molecule has 0 saturated heterocycles. The van der Waals surface area contributed by atoms with Gasteiger partial charge in [0.2, 0.25) is 5.91 Å². The maximum absolute atomic E-state index is 12.7. The van der Waals surface area contributed by atoms with Crippen LogP contribution in [0.3, 0.4) is 0 Å².